The molecule has 7 atom stereocenters. The predicted molar refractivity (Wildman–Crippen MR) is 105 cm³/mol. The van der Waals surface area contributed by atoms with Crippen LogP contribution in [0.25, 0.3) is 0 Å². The Bertz CT molecular complexity index is 353. The van der Waals surface area contributed by atoms with Crippen molar-refractivity contribution in [2.24, 2.45) is 17.8 Å². The first-order valence-corrected chi connectivity index (χ1v) is 11.3. The molecular weight excluding hydrogens is 421 g/mol. The van der Waals surface area contributed by atoms with Gasteiger partial charge in [0.1, 0.15) is 6.17 Å². The van der Waals surface area contributed by atoms with Gasteiger partial charge in [-0.25, -0.2) is 8.78 Å². The normalized spacial score (nSPS) is 37.9. The first-order valence-electron chi connectivity index (χ1n) is 10.0. The number of hydrogen-bond acceptors (Lipinski definition) is 1. The number of methoxy groups -OCH3 is 1. The molecule has 2 aliphatic rings. The minimum absolute atomic E-state index is 0.0616. The van der Waals surface area contributed by atoms with Gasteiger partial charge in [0.05, 0.1) is 6.10 Å². The lowest BCUT2D eigenvalue weighted by Crippen LogP contribution is -2.49. The molecule has 4 heteroatoms. The Balaban J connectivity index is 1.67. The van der Waals surface area contributed by atoms with E-state index in [4.69, 9.17) is 4.74 Å². The number of halogens is 3. The highest BCUT2D eigenvalue weighted by Crippen LogP contribution is 2.46. The number of hydrogen-bond donors (Lipinski definition) is 0. The lowest BCUT2D eigenvalue weighted by atomic mass is 9.64. The smallest absolute Gasteiger partial charge is 0.157 e. The summed E-state index contributed by atoms with van der Waals surface area (Å²) in [6.45, 7) is 2.25. The molecule has 0 heterocycles. The van der Waals surface area contributed by atoms with Gasteiger partial charge in [-0.2, -0.15) is 0 Å². The molecule has 2 fully saturated rings. The van der Waals surface area contributed by atoms with Gasteiger partial charge in [-0.1, -0.05) is 68.0 Å². The summed E-state index contributed by atoms with van der Waals surface area (Å²) in [4.78, 5) is 0. The molecule has 2 rings (SSSR count). The molecule has 0 amide bonds. The van der Waals surface area contributed by atoms with Gasteiger partial charge in [-0.05, 0) is 49.9 Å². The van der Waals surface area contributed by atoms with E-state index in [-0.39, 0.29) is 5.92 Å². The van der Waals surface area contributed by atoms with Crippen molar-refractivity contribution in [3.8, 4) is 0 Å². The van der Waals surface area contributed by atoms with Crippen molar-refractivity contribution in [2.75, 3.05) is 7.11 Å². The van der Waals surface area contributed by atoms with Crippen molar-refractivity contribution >= 4 is 22.6 Å². The number of alkyl halides is 3. The molecule has 7 unspecified atom stereocenters. The fourth-order valence-electron chi connectivity index (χ4n) is 4.83. The molecule has 0 aromatic rings. The van der Waals surface area contributed by atoms with E-state index in [1.165, 1.54) is 58.5 Å². The Morgan fingerprint density at radius 3 is 2.54 bits per heavy atom. The topological polar surface area (TPSA) is 9.23 Å². The Kier molecular flexibility index (Phi) is 9.25. The van der Waals surface area contributed by atoms with Gasteiger partial charge in [0.25, 0.3) is 0 Å². The number of fused-ring (bicyclic) bond motifs is 1. The SMILES string of the molecule is CCCC(I)CCCCCC1CCC2CC(OC)C(F)C(F)C2C1. The summed E-state index contributed by atoms with van der Waals surface area (Å²) in [5, 5.41) is 0. The van der Waals surface area contributed by atoms with E-state index in [9.17, 15) is 8.78 Å². The lowest BCUT2D eigenvalue weighted by molar-refractivity contribution is -0.0956. The predicted octanol–water partition coefficient (Wildman–Crippen LogP) is 6.67. The summed E-state index contributed by atoms with van der Waals surface area (Å²) in [5.41, 5.74) is 0. The van der Waals surface area contributed by atoms with E-state index in [2.05, 4.69) is 29.5 Å². The third-order valence-corrected chi connectivity index (χ3v) is 7.54. The fraction of sp³-hybridized carbons (Fsp3) is 1.00. The second-order valence-electron chi connectivity index (χ2n) is 8.03. The minimum Gasteiger partial charge on any atom is -0.378 e. The van der Waals surface area contributed by atoms with E-state index in [0.29, 0.717) is 18.3 Å². The molecule has 0 N–H and O–H groups in total. The van der Waals surface area contributed by atoms with Crippen LogP contribution in [0.15, 0.2) is 0 Å². The number of unbranched alkanes of at least 4 members (excludes halogenated alkanes) is 2. The van der Waals surface area contributed by atoms with Crippen molar-refractivity contribution in [2.45, 2.75) is 99.9 Å². The minimum atomic E-state index is -1.42. The zero-order valence-corrected chi connectivity index (χ0v) is 17.5. The van der Waals surface area contributed by atoms with Gasteiger partial charge in [0, 0.05) is 11.0 Å². The fourth-order valence-corrected chi connectivity index (χ4v) is 5.90. The van der Waals surface area contributed by atoms with Crippen LogP contribution in [0.1, 0.15) is 77.6 Å². The Hall–Kier alpha value is 0.550. The Morgan fingerprint density at radius 2 is 1.83 bits per heavy atom. The van der Waals surface area contributed by atoms with E-state index in [1.807, 2.05) is 0 Å². The van der Waals surface area contributed by atoms with Gasteiger partial charge in [0.2, 0.25) is 0 Å². The van der Waals surface area contributed by atoms with Crippen molar-refractivity contribution in [1.29, 1.82) is 0 Å². The van der Waals surface area contributed by atoms with Crippen LogP contribution in [0, 0.1) is 17.8 Å². The van der Waals surface area contributed by atoms with Gasteiger partial charge >= 0.3 is 0 Å². The molecule has 2 saturated carbocycles. The van der Waals surface area contributed by atoms with Crippen molar-refractivity contribution in [3.63, 3.8) is 0 Å². The standard InChI is InChI=1S/C20H35F2IO/c1-3-7-16(23)9-6-4-5-8-14-10-11-15-13-18(24-2)20(22)19(21)17(15)12-14/h14-20H,3-13H2,1-2H3. The van der Waals surface area contributed by atoms with Crippen LogP contribution in [-0.2, 0) is 4.74 Å². The van der Waals surface area contributed by atoms with Gasteiger partial charge in [-0.3, -0.25) is 0 Å². The molecular formula is C20H35F2IO. The van der Waals surface area contributed by atoms with E-state index >= 15 is 0 Å². The van der Waals surface area contributed by atoms with Crippen LogP contribution in [0.3, 0.4) is 0 Å². The van der Waals surface area contributed by atoms with Crippen LogP contribution < -0.4 is 0 Å². The highest BCUT2D eigenvalue weighted by molar-refractivity contribution is 14.1. The zero-order valence-electron chi connectivity index (χ0n) is 15.4. The summed E-state index contributed by atoms with van der Waals surface area (Å²) in [7, 11) is 1.51. The molecule has 0 bridgehead atoms. The van der Waals surface area contributed by atoms with Gasteiger partial charge < -0.3 is 4.74 Å². The molecule has 142 valence electrons. The van der Waals surface area contributed by atoms with Crippen LogP contribution >= 0.6 is 22.6 Å². The van der Waals surface area contributed by atoms with Crippen molar-refractivity contribution in [3.05, 3.63) is 0 Å². The first kappa shape index (κ1) is 20.9. The molecule has 0 aromatic heterocycles. The van der Waals surface area contributed by atoms with Crippen LogP contribution in [0.4, 0.5) is 8.78 Å². The molecule has 0 spiro atoms. The highest BCUT2D eigenvalue weighted by Gasteiger charge is 2.47. The maximum Gasteiger partial charge on any atom is 0.157 e. The summed E-state index contributed by atoms with van der Waals surface area (Å²) in [6, 6.07) is 0. The molecule has 0 aliphatic heterocycles. The molecule has 0 aromatic carbocycles. The second-order valence-corrected chi connectivity index (χ2v) is 9.79. The largest absolute Gasteiger partial charge is 0.378 e. The molecule has 2 aliphatic carbocycles. The summed E-state index contributed by atoms with van der Waals surface area (Å²) in [5.74, 6) is 0.886. The third-order valence-electron chi connectivity index (χ3n) is 6.29. The molecule has 1 nitrogen and oxygen atoms in total. The van der Waals surface area contributed by atoms with Crippen LogP contribution in [-0.4, -0.2) is 29.5 Å². The average molecular weight is 456 g/mol. The lowest BCUT2D eigenvalue weighted by Gasteiger charge is -2.45. The average Bonchev–Trinajstić information content (AvgIpc) is 2.58. The van der Waals surface area contributed by atoms with E-state index < -0.39 is 18.4 Å². The number of ether oxygens (including phenoxy) is 1. The molecule has 0 radical (unpaired) electrons. The zero-order chi connectivity index (χ0) is 17.5. The first-order chi connectivity index (χ1) is 11.6. The van der Waals surface area contributed by atoms with Gasteiger partial charge in [0.15, 0.2) is 6.17 Å². The highest BCUT2D eigenvalue weighted by atomic mass is 127. The van der Waals surface area contributed by atoms with Gasteiger partial charge in [-0.15, -0.1) is 0 Å². The van der Waals surface area contributed by atoms with E-state index in [0.717, 1.165) is 16.8 Å². The molecule has 0 saturated heterocycles. The monoisotopic (exact) mass is 456 g/mol. The number of rotatable bonds is 9. The van der Waals surface area contributed by atoms with Crippen LogP contribution in [0.5, 0.6) is 0 Å². The van der Waals surface area contributed by atoms with Crippen LogP contribution in [0.2, 0.25) is 0 Å². The second kappa shape index (κ2) is 10.6. The summed E-state index contributed by atoms with van der Waals surface area (Å²) >= 11 is 2.58. The maximum absolute atomic E-state index is 14.5. The summed E-state index contributed by atoms with van der Waals surface area (Å²) in [6.07, 6.45) is 9.63. The van der Waals surface area contributed by atoms with E-state index in [1.54, 1.807) is 0 Å². The quantitative estimate of drug-likeness (QED) is 0.214. The Labute approximate surface area is 160 Å². The maximum atomic E-state index is 14.5. The van der Waals surface area contributed by atoms with Crippen molar-refractivity contribution in [1.82, 2.24) is 0 Å². The summed E-state index contributed by atoms with van der Waals surface area (Å²) < 4.78 is 34.6. The Morgan fingerprint density at radius 1 is 1.04 bits per heavy atom. The third kappa shape index (κ3) is 5.78. The molecule has 24 heavy (non-hydrogen) atoms. The van der Waals surface area contributed by atoms with Crippen molar-refractivity contribution < 1.29 is 13.5 Å².